The molecule has 0 aliphatic heterocycles. The summed E-state index contributed by atoms with van der Waals surface area (Å²) in [5, 5.41) is 0. The van der Waals surface area contributed by atoms with Crippen LogP contribution in [0, 0.1) is 0 Å². The van der Waals surface area contributed by atoms with Crippen LogP contribution in [-0.2, 0) is 4.43 Å². The molecule has 44 valence electrons. The van der Waals surface area contributed by atoms with Crippen molar-refractivity contribution in [3.05, 3.63) is 37.1 Å². The first-order valence-electron chi connectivity index (χ1n) is 2.39. The zero-order valence-corrected chi connectivity index (χ0v) is 7.00. The zero-order valence-electron chi connectivity index (χ0n) is 5.00. The van der Waals surface area contributed by atoms with Gasteiger partial charge in [0, 0.05) is 0 Å². The van der Waals surface area contributed by atoms with Gasteiger partial charge < -0.3 is 4.43 Å². The normalized spacial score (nSPS) is 11.0. The third-order valence-electron chi connectivity index (χ3n) is 0.573. The first-order chi connectivity index (χ1) is 3.91. The molecule has 0 aromatic heterocycles. The maximum Gasteiger partial charge on any atom is 0.203 e. The topological polar surface area (TPSA) is 9.23 Å². The van der Waals surface area contributed by atoms with Crippen molar-refractivity contribution in [1.29, 1.82) is 0 Å². The molecule has 0 saturated heterocycles. The van der Waals surface area contributed by atoms with Crippen LogP contribution >= 0.6 is 0 Å². The van der Waals surface area contributed by atoms with Crippen LogP contribution in [0.1, 0.15) is 0 Å². The quantitative estimate of drug-likeness (QED) is 0.305. The van der Waals surface area contributed by atoms with E-state index in [0.717, 1.165) is 10.5 Å². The maximum absolute atomic E-state index is 4.76. The van der Waals surface area contributed by atoms with Crippen LogP contribution in [0.25, 0.3) is 0 Å². The van der Waals surface area contributed by atoms with Gasteiger partial charge in [0.1, 0.15) is 0 Å². The van der Waals surface area contributed by atoms with E-state index in [9.17, 15) is 0 Å². The first-order valence-corrected chi connectivity index (χ1v) is 3.20. The fourth-order valence-corrected chi connectivity index (χ4v) is 0.424. The van der Waals surface area contributed by atoms with Crippen molar-refractivity contribution in [2.24, 2.45) is 0 Å². The Balaban J connectivity index is 3.26. The molecule has 2 heteroatoms. The van der Waals surface area contributed by atoms with Crippen LogP contribution in [0.3, 0.4) is 0 Å². The number of hydrogen-bond acceptors (Lipinski definition) is 1. The first kappa shape index (κ1) is 7.24. The van der Waals surface area contributed by atoms with Gasteiger partial charge in [0.2, 0.25) is 10.5 Å². The van der Waals surface area contributed by atoms with E-state index in [4.69, 9.17) is 4.43 Å². The molecule has 0 N–H and O–H groups in total. The highest BCUT2D eigenvalue weighted by Gasteiger charge is 1.57. The maximum atomic E-state index is 4.76. The second kappa shape index (κ2) is 6.24. The second-order valence-corrected chi connectivity index (χ2v) is 1.66. The molecule has 0 saturated carbocycles. The molecule has 0 spiro atoms. The van der Waals surface area contributed by atoms with Crippen molar-refractivity contribution >= 4 is 10.5 Å². The summed E-state index contributed by atoms with van der Waals surface area (Å²) in [7, 11) is 0.761. The van der Waals surface area contributed by atoms with Crippen LogP contribution in [-0.4, -0.2) is 10.5 Å². The van der Waals surface area contributed by atoms with Crippen LogP contribution in [0.4, 0.5) is 0 Å². The van der Waals surface area contributed by atoms with Crippen molar-refractivity contribution in [1.82, 2.24) is 0 Å². The van der Waals surface area contributed by atoms with Crippen LogP contribution in [0.5, 0.6) is 0 Å². The minimum Gasteiger partial charge on any atom is -0.558 e. The molecule has 0 radical (unpaired) electrons. The average molecular weight is 126 g/mol. The Morgan fingerprint density at radius 3 is 2.50 bits per heavy atom. The van der Waals surface area contributed by atoms with E-state index in [1.807, 2.05) is 18.2 Å². The molecule has 0 unspecified atom stereocenters. The summed E-state index contributed by atoms with van der Waals surface area (Å²) in [6.45, 7) is 3.51. The third kappa shape index (κ3) is 5.24. The average Bonchev–Trinajstić information content (AvgIpc) is 1.81. The minimum atomic E-state index is 0.761. The smallest absolute Gasteiger partial charge is 0.203 e. The molecule has 0 rings (SSSR count). The Labute approximate surface area is 52.9 Å². The Bertz CT molecular complexity index is 105. The van der Waals surface area contributed by atoms with Gasteiger partial charge in [-0.1, -0.05) is 24.8 Å². The number of allylic oxidation sites excluding steroid dienone is 4. The van der Waals surface area contributed by atoms with Crippen molar-refractivity contribution in [3.8, 4) is 0 Å². The van der Waals surface area contributed by atoms with Crippen molar-refractivity contribution in [3.63, 3.8) is 0 Å². The zero-order chi connectivity index (χ0) is 6.24. The summed E-state index contributed by atoms with van der Waals surface area (Å²) >= 11 is 0. The molecular weight excluding hydrogens is 116 g/mol. The van der Waals surface area contributed by atoms with E-state index in [1.165, 1.54) is 0 Å². The van der Waals surface area contributed by atoms with Gasteiger partial charge in [0.05, 0.1) is 6.26 Å². The molecule has 0 atom stereocenters. The molecule has 0 aliphatic carbocycles. The number of hydrogen-bond donors (Lipinski definition) is 0. The van der Waals surface area contributed by atoms with Crippen LogP contribution in [0.15, 0.2) is 37.1 Å². The van der Waals surface area contributed by atoms with Crippen molar-refractivity contribution < 1.29 is 4.43 Å². The van der Waals surface area contributed by atoms with Crippen LogP contribution < -0.4 is 0 Å². The lowest BCUT2D eigenvalue weighted by Crippen LogP contribution is -1.63. The SMILES string of the molecule is C=C/C=C/C=C/O[SiH3]. The minimum absolute atomic E-state index is 0.761. The molecule has 0 aromatic carbocycles. The van der Waals surface area contributed by atoms with Gasteiger partial charge in [0.15, 0.2) is 0 Å². The Morgan fingerprint density at radius 2 is 2.00 bits per heavy atom. The lowest BCUT2D eigenvalue weighted by Gasteiger charge is -1.80. The third-order valence-corrected chi connectivity index (χ3v) is 0.845. The lowest BCUT2D eigenvalue weighted by molar-refractivity contribution is 0.535. The summed E-state index contributed by atoms with van der Waals surface area (Å²) in [5.74, 6) is 0. The van der Waals surface area contributed by atoms with Gasteiger partial charge in [0.25, 0.3) is 0 Å². The van der Waals surface area contributed by atoms with E-state index in [2.05, 4.69) is 6.58 Å². The molecule has 0 aliphatic rings. The van der Waals surface area contributed by atoms with Crippen molar-refractivity contribution in [2.75, 3.05) is 0 Å². The molecule has 0 fully saturated rings. The number of rotatable bonds is 3. The highest BCUT2D eigenvalue weighted by molar-refractivity contribution is 5.98. The summed E-state index contributed by atoms with van der Waals surface area (Å²) in [4.78, 5) is 0. The summed E-state index contributed by atoms with van der Waals surface area (Å²) in [5.41, 5.74) is 0. The standard InChI is InChI=1S/C6H10OSi/c1-2-3-4-5-6-7-8/h2-6H,1H2,8H3/b4-3+,6-5+. The molecule has 0 bridgehead atoms. The van der Waals surface area contributed by atoms with Crippen LogP contribution in [0.2, 0.25) is 0 Å². The predicted molar refractivity (Wildman–Crippen MR) is 39.5 cm³/mol. The second-order valence-electron chi connectivity index (χ2n) is 1.18. The van der Waals surface area contributed by atoms with Gasteiger partial charge in [-0.2, -0.15) is 0 Å². The molecule has 0 amide bonds. The monoisotopic (exact) mass is 126 g/mol. The largest absolute Gasteiger partial charge is 0.558 e. The van der Waals surface area contributed by atoms with E-state index in [1.54, 1.807) is 12.3 Å². The molecule has 1 nitrogen and oxygen atoms in total. The Morgan fingerprint density at radius 1 is 1.25 bits per heavy atom. The summed E-state index contributed by atoms with van der Waals surface area (Å²) in [6, 6.07) is 0. The van der Waals surface area contributed by atoms with E-state index in [0.29, 0.717) is 0 Å². The van der Waals surface area contributed by atoms with Gasteiger partial charge >= 0.3 is 0 Å². The fraction of sp³-hybridized carbons (Fsp3) is 0. The van der Waals surface area contributed by atoms with E-state index < -0.39 is 0 Å². The highest BCUT2D eigenvalue weighted by atomic mass is 28.2. The molecule has 0 aromatic rings. The van der Waals surface area contributed by atoms with Gasteiger partial charge in [-0.05, 0) is 6.08 Å². The Kier molecular flexibility index (Phi) is 5.64. The Hall–Kier alpha value is -0.763. The van der Waals surface area contributed by atoms with Gasteiger partial charge in [-0.3, -0.25) is 0 Å². The summed E-state index contributed by atoms with van der Waals surface area (Å²) < 4.78 is 4.76. The predicted octanol–water partition coefficient (Wildman–Crippen LogP) is 0.539. The molecule has 0 heterocycles. The van der Waals surface area contributed by atoms with E-state index in [-0.39, 0.29) is 0 Å². The fourth-order valence-electron chi connectivity index (χ4n) is 0.267. The molecular formula is C6H10OSi. The van der Waals surface area contributed by atoms with Gasteiger partial charge in [-0.25, -0.2) is 0 Å². The van der Waals surface area contributed by atoms with E-state index >= 15 is 0 Å². The summed E-state index contributed by atoms with van der Waals surface area (Å²) in [6.07, 6.45) is 8.92. The lowest BCUT2D eigenvalue weighted by atomic mass is 10.5. The van der Waals surface area contributed by atoms with Gasteiger partial charge in [-0.15, -0.1) is 0 Å². The molecule has 8 heavy (non-hydrogen) atoms. The highest BCUT2D eigenvalue weighted by Crippen LogP contribution is 1.76. The van der Waals surface area contributed by atoms with Crippen molar-refractivity contribution in [2.45, 2.75) is 0 Å².